The van der Waals surface area contributed by atoms with Crippen molar-refractivity contribution in [2.24, 2.45) is 0 Å². The Morgan fingerprint density at radius 2 is 2.31 bits per heavy atom. The number of hydrogen-bond acceptors (Lipinski definition) is 3. The lowest BCUT2D eigenvalue weighted by molar-refractivity contribution is -0.114. The Labute approximate surface area is 78.6 Å². The topological polar surface area (TPSA) is 86.6 Å². The van der Waals surface area contributed by atoms with Crippen LogP contribution < -0.4 is 5.32 Å². The first-order valence-corrected chi connectivity index (χ1v) is 6.03. The molecular weight excluding hydrogens is 213 g/mol. The maximum atomic E-state index is 10.9. The zero-order chi connectivity index (χ0) is 9.90. The molecule has 0 saturated heterocycles. The molecule has 7 heteroatoms. The first-order chi connectivity index (χ1) is 5.97. The Bertz CT molecular complexity index is 330. The van der Waals surface area contributed by atoms with Gasteiger partial charge in [-0.25, -0.2) is 0 Å². The van der Waals surface area contributed by atoms with Crippen molar-refractivity contribution in [1.29, 1.82) is 0 Å². The zero-order valence-electron chi connectivity index (χ0n) is 6.51. The van der Waals surface area contributed by atoms with Crippen molar-refractivity contribution < 1.29 is 19.1 Å². The van der Waals surface area contributed by atoms with Gasteiger partial charge >= 0.3 is 7.60 Å². The van der Waals surface area contributed by atoms with E-state index in [1.807, 2.05) is 0 Å². The van der Waals surface area contributed by atoms with Crippen molar-refractivity contribution >= 4 is 29.8 Å². The van der Waals surface area contributed by atoms with E-state index in [1.54, 1.807) is 17.5 Å². The van der Waals surface area contributed by atoms with Crippen LogP contribution in [0.4, 0.5) is 5.00 Å². The summed E-state index contributed by atoms with van der Waals surface area (Å²) in [5.41, 5.74) is 0. The molecule has 72 valence electrons. The van der Waals surface area contributed by atoms with E-state index in [4.69, 9.17) is 9.79 Å². The van der Waals surface area contributed by atoms with Gasteiger partial charge in [-0.1, -0.05) is 0 Å². The maximum absolute atomic E-state index is 10.9. The average molecular weight is 221 g/mol. The highest BCUT2D eigenvalue weighted by Gasteiger charge is 2.18. The van der Waals surface area contributed by atoms with Gasteiger partial charge in [0, 0.05) is 0 Å². The molecule has 5 nitrogen and oxygen atoms in total. The first-order valence-electron chi connectivity index (χ1n) is 3.35. The predicted octanol–water partition coefficient (Wildman–Crippen LogP) is 0.864. The van der Waals surface area contributed by atoms with Gasteiger partial charge in [-0.2, -0.15) is 0 Å². The van der Waals surface area contributed by atoms with Crippen molar-refractivity contribution in [3.05, 3.63) is 17.5 Å². The third-order valence-electron chi connectivity index (χ3n) is 1.13. The number of amides is 1. The minimum atomic E-state index is -4.25. The molecule has 0 aliphatic rings. The Morgan fingerprint density at radius 1 is 1.62 bits per heavy atom. The van der Waals surface area contributed by atoms with Gasteiger partial charge in [0.05, 0.1) is 5.00 Å². The molecule has 1 aromatic rings. The van der Waals surface area contributed by atoms with E-state index in [-0.39, 0.29) is 0 Å². The van der Waals surface area contributed by atoms with Crippen molar-refractivity contribution in [1.82, 2.24) is 0 Å². The number of hydrogen-bond donors (Lipinski definition) is 3. The summed E-state index contributed by atoms with van der Waals surface area (Å²) >= 11 is 1.29. The van der Waals surface area contributed by atoms with Crippen molar-refractivity contribution in [3.63, 3.8) is 0 Å². The molecule has 0 saturated carbocycles. The van der Waals surface area contributed by atoms with Crippen LogP contribution in [-0.2, 0) is 9.36 Å². The van der Waals surface area contributed by atoms with Gasteiger partial charge in [0.25, 0.3) is 0 Å². The molecule has 13 heavy (non-hydrogen) atoms. The molecule has 1 amide bonds. The number of anilines is 1. The van der Waals surface area contributed by atoms with E-state index < -0.39 is 19.7 Å². The molecule has 1 rings (SSSR count). The Hall–Kier alpha value is -0.680. The van der Waals surface area contributed by atoms with Crippen LogP contribution in [0, 0.1) is 0 Å². The minimum absolute atomic E-state index is 0.582. The summed E-state index contributed by atoms with van der Waals surface area (Å²) in [7, 11) is -4.25. The molecule has 1 heterocycles. The molecule has 0 atom stereocenters. The lowest BCUT2D eigenvalue weighted by Gasteiger charge is -2.03. The van der Waals surface area contributed by atoms with Gasteiger partial charge in [0.2, 0.25) is 5.91 Å². The molecule has 0 aliphatic heterocycles. The first kappa shape index (κ1) is 10.4. The fourth-order valence-electron chi connectivity index (χ4n) is 0.714. The number of thiophene rings is 1. The largest absolute Gasteiger partial charge is 0.334 e. The summed E-state index contributed by atoms with van der Waals surface area (Å²) < 4.78 is 10.4. The van der Waals surface area contributed by atoms with Gasteiger partial charge in [0.1, 0.15) is 6.16 Å². The summed E-state index contributed by atoms with van der Waals surface area (Å²) in [5.74, 6) is -0.671. The highest BCUT2D eigenvalue weighted by Crippen LogP contribution is 2.33. The van der Waals surface area contributed by atoms with Gasteiger partial charge in [-0.15, -0.1) is 11.3 Å². The highest BCUT2D eigenvalue weighted by atomic mass is 32.1. The molecule has 0 bridgehead atoms. The number of carbonyl (C=O) groups is 1. The lowest BCUT2D eigenvalue weighted by Crippen LogP contribution is -2.15. The van der Waals surface area contributed by atoms with E-state index in [0.717, 1.165) is 0 Å². The second-order valence-electron chi connectivity index (χ2n) is 2.35. The van der Waals surface area contributed by atoms with E-state index in [1.165, 1.54) is 11.3 Å². The van der Waals surface area contributed by atoms with E-state index >= 15 is 0 Å². The van der Waals surface area contributed by atoms with Crippen molar-refractivity contribution in [2.45, 2.75) is 0 Å². The molecule has 0 spiro atoms. The lowest BCUT2D eigenvalue weighted by atomic mass is 10.6. The second kappa shape index (κ2) is 4.02. The summed E-state index contributed by atoms with van der Waals surface area (Å²) in [6.07, 6.45) is -0.773. The average Bonchev–Trinajstić information content (AvgIpc) is 2.34. The second-order valence-corrected chi connectivity index (χ2v) is 4.94. The molecule has 3 N–H and O–H groups in total. The van der Waals surface area contributed by atoms with Crippen LogP contribution in [0.3, 0.4) is 0 Å². The van der Waals surface area contributed by atoms with Crippen LogP contribution in [0.15, 0.2) is 17.5 Å². The van der Waals surface area contributed by atoms with Gasteiger partial charge in [0.15, 0.2) is 0 Å². The highest BCUT2D eigenvalue weighted by molar-refractivity contribution is 7.52. The van der Waals surface area contributed by atoms with Crippen LogP contribution in [0.1, 0.15) is 0 Å². The maximum Gasteiger partial charge on any atom is 0.334 e. The SMILES string of the molecule is O=C(CP(=O)(O)O)Nc1cccs1. The Balaban J connectivity index is 2.48. The molecular formula is C6H8NO4PS. The third-order valence-corrected chi connectivity index (χ3v) is 2.62. The van der Waals surface area contributed by atoms with Gasteiger partial charge in [-0.3, -0.25) is 9.36 Å². The Kier molecular flexibility index (Phi) is 3.22. The summed E-state index contributed by atoms with van der Waals surface area (Å²) in [6, 6.07) is 3.39. The van der Waals surface area contributed by atoms with Crippen LogP contribution >= 0.6 is 18.9 Å². The number of carbonyl (C=O) groups excluding carboxylic acids is 1. The third kappa shape index (κ3) is 4.19. The van der Waals surface area contributed by atoms with Crippen LogP contribution in [0.5, 0.6) is 0 Å². The molecule has 0 radical (unpaired) electrons. The van der Waals surface area contributed by atoms with Crippen LogP contribution in [0.25, 0.3) is 0 Å². The molecule has 0 aliphatic carbocycles. The monoisotopic (exact) mass is 221 g/mol. The van der Waals surface area contributed by atoms with E-state index in [0.29, 0.717) is 5.00 Å². The van der Waals surface area contributed by atoms with Gasteiger partial charge in [-0.05, 0) is 17.5 Å². The molecule has 0 aromatic carbocycles. The normalized spacial score (nSPS) is 11.2. The molecule has 0 unspecified atom stereocenters. The number of nitrogens with one attached hydrogen (secondary N) is 1. The predicted molar refractivity (Wildman–Crippen MR) is 49.9 cm³/mol. The van der Waals surface area contributed by atoms with Crippen molar-refractivity contribution in [3.8, 4) is 0 Å². The fraction of sp³-hybridized carbons (Fsp3) is 0.167. The quantitative estimate of drug-likeness (QED) is 0.661. The molecule has 0 fully saturated rings. The Morgan fingerprint density at radius 3 is 2.77 bits per heavy atom. The number of rotatable bonds is 3. The standard InChI is InChI=1S/C6H8NO4PS/c8-5(4-12(9,10)11)7-6-2-1-3-13-6/h1-3H,4H2,(H,7,8)(H2,9,10,11). The summed E-state index contributed by atoms with van der Waals surface area (Å²) in [5, 5.41) is 4.70. The summed E-state index contributed by atoms with van der Waals surface area (Å²) in [4.78, 5) is 27.9. The van der Waals surface area contributed by atoms with Gasteiger partial charge < -0.3 is 15.1 Å². The van der Waals surface area contributed by atoms with E-state index in [2.05, 4.69) is 5.32 Å². The minimum Gasteiger partial charge on any atom is -0.324 e. The molecule has 1 aromatic heterocycles. The van der Waals surface area contributed by atoms with E-state index in [9.17, 15) is 9.36 Å². The van der Waals surface area contributed by atoms with Crippen LogP contribution in [0.2, 0.25) is 0 Å². The van der Waals surface area contributed by atoms with Crippen molar-refractivity contribution in [2.75, 3.05) is 11.5 Å². The summed E-state index contributed by atoms with van der Waals surface area (Å²) in [6.45, 7) is 0. The fourth-order valence-corrected chi connectivity index (χ4v) is 1.80. The van der Waals surface area contributed by atoms with Crippen LogP contribution in [-0.4, -0.2) is 21.9 Å². The smallest absolute Gasteiger partial charge is 0.324 e. The zero-order valence-corrected chi connectivity index (χ0v) is 8.22.